The van der Waals surface area contributed by atoms with Gasteiger partial charge < -0.3 is 11.1 Å². The fourth-order valence-electron chi connectivity index (χ4n) is 1.97. The molecular formula is C13H24ClN3OS. The maximum Gasteiger partial charge on any atom is 0.271 e. The molecule has 1 rings (SSSR count). The van der Waals surface area contributed by atoms with Crippen molar-refractivity contribution >= 4 is 29.7 Å². The monoisotopic (exact) mass is 305 g/mol. The van der Waals surface area contributed by atoms with Crippen molar-refractivity contribution in [2.75, 3.05) is 6.54 Å². The van der Waals surface area contributed by atoms with E-state index in [0.717, 1.165) is 30.7 Å². The summed E-state index contributed by atoms with van der Waals surface area (Å²) >= 11 is 1.50. The summed E-state index contributed by atoms with van der Waals surface area (Å²) in [7, 11) is 0. The molecule has 0 bridgehead atoms. The molecule has 0 radical (unpaired) electrons. The first-order chi connectivity index (χ1) is 8.60. The van der Waals surface area contributed by atoms with Gasteiger partial charge in [0.05, 0.1) is 5.01 Å². The van der Waals surface area contributed by atoms with Crippen LogP contribution in [0.4, 0.5) is 0 Å². The summed E-state index contributed by atoms with van der Waals surface area (Å²) in [5.74, 6) is -0.0694. The Morgan fingerprint density at radius 1 is 1.37 bits per heavy atom. The SMILES string of the molecule is CCC(CC)(CC)NC(=O)c1csc(CCN)n1.Cl. The normalized spacial score (nSPS) is 10.9. The highest BCUT2D eigenvalue weighted by molar-refractivity contribution is 7.09. The molecule has 0 saturated heterocycles. The molecule has 4 nitrogen and oxygen atoms in total. The van der Waals surface area contributed by atoms with Gasteiger partial charge in [0.15, 0.2) is 0 Å². The van der Waals surface area contributed by atoms with Crippen LogP contribution in [0.1, 0.15) is 55.5 Å². The lowest BCUT2D eigenvalue weighted by molar-refractivity contribution is 0.0883. The Hall–Kier alpha value is -0.650. The van der Waals surface area contributed by atoms with Gasteiger partial charge in [0, 0.05) is 17.3 Å². The number of carbonyl (C=O) groups excluding carboxylic acids is 1. The highest BCUT2D eigenvalue weighted by Gasteiger charge is 2.27. The largest absolute Gasteiger partial charge is 0.345 e. The second kappa shape index (κ2) is 8.51. The Balaban J connectivity index is 0.00000324. The summed E-state index contributed by atoms with van der Waals surface area (Å²) in [5, 5.41) is 5.87. The first kappa shape index (κ1) is 18.4. The molecular weight excluding hydrogens is 282 g/mol. The number of amides is 1. The van der Waals surface area contributed by atoms with Gasteiger partial charge in [-0.1, -0.05) is 20.8 Å². The van der Waals surface area contributed by atoms with E-state index in [1.165, 1.54) is 11.3 Å². The average Bonchev–Trinajstić information content (AvgIpc) is 2.85. The van der Waals surface area contributed by atoms with Crippen LogP contribution in [-0.2, 0) is 6.42 Å². The highest BCUT2D eigenvalue weighted by atomic mass is 35.5. The molecule has 1 aromatic rings. The van der Waals surface area contributed by atoms with E-state index in [0.29, 0.717) is 12.2 Å². The van der Waals surface area contributed by atoms with E-state index in [-0.39, 0.29) is 23.9 Å². The summed E-state index contributed by atoms with van der Waals surface area (Å²) < 4.78 is 0. The highest BCUT2D eigenvalue weighted by Crippen LogP contribution is 2.20. The van der Waals surface area contributed by atoms with Crippen molar-refractivity contribution in [1.82, 2.24) is 10.3 Å². The van der Waals surface area contributed by atoms with Gasteiger partial charge >= 0.3 is 0 Å². The molecule has 1 amide bonds. The van der Waals surface area contributed by atoms with Crippen molar-refractivity contribution in [3.8, 4) is 0 Å². The van der Waals surface area contributed by atoms with Crippen LogP contribution in [0.15, 0.2) is 5.38 Å². The number of halogens is 1. The molecule has 110 valence electrons. The number of rotatable bonds is 7. The molecule has 0 aliphatic carbocycles. The van der Waals surface area contributed by atoms with Gasteiger partial charge in [-0.2, -0.15) is 0 Å². The smallest absolute Gasteiger partial charge is 0.271 e. The summed E-state index contributed by atoms with van der Waals surface area (Å²) in [6.45, 7) is 6.88. The van der Waals surface area contributed by atoms with E-state index in [9.17, 15) is 4.79 Å². The summed E-state index contributed by atoms with van der Waals surface area (Å²) in [4.78, 5) is 16.5. The van der Waals surface area contributed by atoms with E-state index in [2.05, 4.69) is 31.1 Å². The Morgan fingerprint density at radius 2 is 1.95 bits per heavy atom. The zero-order valence-electron chi connectivity index (χ0n) is 11.9. The summed E-state index contributed by atoms with van der Waals surface area (Å²) in [5.41, 5.74) is 5.89. The number of hydrogen-bond acceptors (Lipinski definition) is 4. The molecule has 0 fully saturated rings. The van der Waals surface area contributed by atoms with Crippen LogP contribution in [0.5, 0.6) is 0 Å². The van der Waals surface area contributed by atoms with Crippen LogP contribution >= 0.6 is 23.7 Å². The molecule has 0 atom stereocenters. The zero-order valence-corrected chi connectivity index (χ0v) is 13.5. The second-order valence-electron chi connectivity index (χ2n) is 4.46. The van der Waals surface area contributed by atoms with Gasteiger partial charge in [-0.25, -0.2) is 4.98 Å². The average molecular weight is 306 g/mol. The van der Waals surface area contributed by atoms with E-state index < -0.39 is 0 Å². The zero-order chi connectivity index (χ0) is 13.6. The minimum absolute atomic E-state index is 0. The molecule has 0 spiro atoms. The standard InChI is InChI=1S/C13H23N3OS.ClH/c1-4-13(5-2,6-3)16-12(17)10-9-18-11(15-10)7-8-14;/h9H,4-8,14H2,1-3H3,(H,16,17);1H. The lowest BCUT2D eigenvalue weighted by Gasteiger charge is -2.31. The van der Waals surface area contributed by atoms with Gasteiger partial charge in [0.1, 0.15) is 5.69 Å². The van der Waals surface area contributed by atoms with E-state index in [4.69, 9.17) is 5.73 Å². The van der Waals surface area contributed by atoms with Crippen molar-refractivity contribution in [3.05, 3.63) is 16.1 Å². The van der Waals surface area contributed by atoms with Crippen LogP contribution in [0.25, 0.3) is 0 Å². The third kappa shape index (κ3) is 4.75. The van der Waals surface area contributed by atoms with Crippen molar-refractivity contribution < 1.29 is 4.79 Å². The molecule has 0 unspecified atom stereocenters. The van der Waals surface area contributed by atoms with E-state index >= 15 is 0 Å². The van der Waals surface area contributed by atoms with E-state index in [1.54, 1.807) is 0 Å². The number of hydrogen-bond donors (Lipinski definition) is 2. The van der Waals surface area contributed by atoms with Crippen LogP contribution in [0.3, 0.4) is 0 Å². The Labute approximate surface area is 125 Å². The molecule has 6 heteroatoms. The molecule has 19 heavy (non-hydrogen) atoms. The number of nitrogens with zero attached hydrogens (tertiary/aromatic N) is 1. The third-order valence-corrected chi connectivity index (χ3v) is 4.46. The van der Waals surface area contributed by atoms with Crippen molar-refractivity contribution in [1.29, 1.82) is 0 Å². The van der Waals surface area contributed by atoms with Gasteiger partial charge in [-0.15, -0.1) is 23.7 Å². The van der Waals surface area contributed by atoms with Gasteiger partial charge in [-0.05, 0) is 25.8 Å². The Kier molecular flexibility index (Phi) is 8.22. The minimum atomic E-state index is -0.102. The molecule has 1 heterocycles. The quantitative estimate of drug-likeness (QED) is 0.814. The molecule has 1 aromatic heterocycles. The van der Waals surface area contributed by atoms with Crippen LogP contribution in [0, 0.1) is 0 Å². The number of nitrogens with one attached hydrogen (secondary N) is 1. The number of nitrogens with two attached hydrogens (primary N) is 1. The van der Waals surface area contributed by atoms with Crippen molar-refractivity contribution in [3.63, 3.8) is 0 Å². The first-order valence-electron chi connectivity index (χ1n) is 6.57. The molecule has 0 aliphatic heterocycles. The Morgan fingerprint density at radius 3 is 2.42 bits per heavy atom. The number of carbonyl (C=O) groups is 1. The molecule has 0 saturated carbocycles. The first-order valence-corrected chi connectivity index (χ1v) is 7.45. The van der Waals surface area contributed by atoms with Crippen molar-refractivity contribution in [2.45, 2.75) is 52.0 Å². The van der Waals surface area contributed by atoms with Gasteiger partial charge in [-0.3, -0.25) is 4.79 Å². The lowest BCUT2D eigenvalue weighted by Crippen LogP contribution is -2.47. The van der Waals surface area contributed by atoms with Crippen LogP contribution < -0.4 is 11.1 Å². The van der Waals surface area contributed by atoms with Crippen LogP contribution in [0.2, 0.25) is 0 Å². The Bertz CT molecular complexity index is 383. The predicted molar refractivity (Wildman–Crippen MR) is 83.2 cm³/mol. The lowest BCUT2D eigenvalue weighted by atomic mass is 9.89. The molecule has 3 N–H and O–H groups in total. The second-order valence-corrected chi connectivity index (χ2v) is 5.40. The maximum absolute atomic E-state index is 12.2. The summed E-state index contributed by atoms with van der Waals surface area (Å²) in [6, 6.07) is 0. The van der Waals surface area contributed by atoms with Crippen molar-refractivity contribution in [2.24, 2.45) is 5.73 Å². The third-order valence-electron chi connectivity index (χ3n) is 3.55. The minimum Gasteiger partial charge on any atom is -0.345 e. The summed E-state index contributed by atoms with van der Waals surface area (Å²) in [6.07, 6.45) is 3.54. The van der Waals surface area contributed by atoms with Gasteiger partial charge in [0.25, 0.3) is 5.91 Å². The molecule has 0 aromatic carbocycles. The number of aromatic nitrogens is 1. The van der Waals surface area contributed by atoms with Crippen LogP contribution in [-0.4, -0.2) is 23.0 Å². The fourth-order valence-corrected chi connectivity index (χ4v) is 2.77. The van der Waals surface area contributed by atoms with Gasteiger partial charge in [0.2, 0.25) is 0 Å². The maximum atomic E-state index is 12.2. The van der Waals surface area contributed by atoms with E-state index in [1.807, 2.05) is 5.38 Å². The number of thiazole rings is 1. The molecule has 0 aliphatic rings. The predicted octanol–water partition coefficient (Wildman–Crippen LogP) is 2.76. The fraction of sp³-hybridized carbons (Fsp3) is 0.692. The topological polar surface area (TPSA) is 68.0 Å².